The van der Waals surface area contributed by atoms with Crippen molar-refractivity contribution >= 4 is 0 Å². The van der Waals surface area contributed by atoms with Gasteiger partial charge in [-0.05, 0) is 26.9 Å². The third kappa shape index (κ3) is 4.63. The summed E-state index contributed by atoms with van der Waals surface area (Å²) in [6.45, 7) is 3.02. The normalized spacial score (nSPS) is 12.4. The van der Waals surface area contributed by atoms with E-state index in [2.05, 4.69) is 29.0 Å². The molecule has 5 nitrogen and oxygen atoms in total. The molecule has 2 aromatic heterocycles. The fraction of sp³-hybridized carbons (Fsp3) is 0.250. The second-order valence-corrected chi connectivity index (χ2v) is 7.23. The van der Waals surface area contributed by atoms with Gasteiger partial charge in [0.25, 0.3) is 0 Å². The zero-order valence-corrected chi connectivity index (χ0v) is 16.8. The molecule has 0 fully saturated rings. The van der Waals surface area contributed by atoms with Crippen LogP contribution in [0.5, 0.6) is 0 Å². The van der Waals surface area contributed by atoms with Crippen LogP contribution in [0.3, 0.4) is 0 Å². The summed E-state index contributed by atoms with van der Waals surface area (Å²) in [5.41, 5.74) is 3.00. The molecule has 148 valence electrons. The first-order valence-corrected chi connectivity index (χ1v) is 9.93. The van der Waals surface area contributed by atoms with Crippen molar-refractivity contribution in [3.8, 4) is 22.6 Å². The average molecular weight is 387 g/mol. The Bertz CT molecular complexity index is 1020. The maximum absolute atomic E-state index is 5.99. The maximum atomic E-state index is 5.99. The number of oxazole rings is 1. The lowest BCUT2D eigenvalue weighted by molar-refractivity contribution is 0.221. The van der Waals surface area contributed by atoms with Crippen molar-refractivity contribution in [1.82, 2.24) is 15.0 Å². The smallest absolute Gasteiger partial charge is 0.211 e. The Kier molecular flexibility index (Phi) is 5.86. The van der Waals surface area contributed by atoms with Gasteiger partial charge in [-0.3, -0.25) is 4.90 Å². The summed E-state index contributed by atoms with van der Waals surface area (Å²) < 4.78 is 11.5. The number of benzene rings is 2. The van der Waals surface area contributed by atoms with E-state index in [9.17, 15) is 0 Å². The summed E-state index contributed by atoms with van der Waals surface area (Å²) in [6, 6.07) is 22.3. The van der Waals surface area contributed by atoms with E-state index in [0.29, 0.717) is 0 Å². The highest BCUT2D eigenvalue weighted by atomic mass is 16.5. The fourth-order valence-electron chi connectivity index (χ4n) is 3.28. The van der Waals surface area contributed by atoms with Crippen LogP contribution in [-0.4, -0.2) is 28.6 Å². The minimum absolute atomic E-state index is 0.0991. The predicted molar refractivity (Wildman–Crippen MR) is 113 cm³/mol. The van der Waals surface area contributed by atoms with E-state index >= 15 is 0 Å². The van der Waals surface area contributed by atoms with Crippen molar-refractivity contribution in [3.63, 3.8) is 0 Å². The van der Waals surface area contributed by atoms with Gasteiger partial charge >= 0.3 is 0 Å². The van der Waals surface area contributed by atoms with Crippen molar-refractivity contribution in [2.75, 3.05) is 13.6 Å². The summed E-state index contributed by atoms with van der Waals surface area (Å²) in [5.74, 6) is 2.45. The van der Waals surface area contributed by atoms with E-state index in [1.54, 1.807) is 6.20 Å². The Morgan fingerprint density at radius 3 is 2.38 bits per heavy atom. The Morgan fingerprint density at radius 2 is 1.66 bits per heavy atom. The minimum atomic E-state index is 0.0991. The number of aryl methyl sites for hydroxylation is 1. The first kappa shape index (κ1) is 19.2. The lowest BCUT2D eigenvalue weighted by Gasteiger charge is -2.21. The van der Waals surface area contributed by atoms with Gasteiger partial charge in [-0.2, -0.15) is 0 Å². The van der Waals surface area contributed by atoms with Gasteiger partial charge in [0.1, 0.15) is 11.5 Å². The number of rotatable bonds is 8. The molecular formula is C24H25N3O2. The zero-order chi connectivity index (χ0) is 20.1. The van der Waals surface area contributed by atoms with Gasteiger partial charge in [-0.15, -0.1) is 0 Å². The first-order chi connectivity index (χ1) is 14.2. The van der Waals surface area contributed by atoms with Gasteiger partial charge in [-0.1, -0.05) is 65.8 Å². The number of aromatic nitrogens is 2. The average Bonchev–Trinajstić information content (AvgIpc) is 3.45. The van der Waals surface area contributed by atoms with E-state index in [1.807, 2.05) is 66.7 Å². The van der Waals surface area contributed by atoms with E-state index in [1.165, 1.54) is 0 Å². The van der Waals surface area contributed by atoms with Crippen LogP contribution in [0.25, 0.3) is 22.6 Å². The van der Waals surface area contributed by atoms with Gasteiger partial charge in [0.05, 0.1) is 12.2 Å². The minimum Gasteiger partial charge on any atom is -0.439 e. The summed E-state index contributed by atoms with van der Waals surface area (Å²) in [7, 11) is 2.09. The molecule has 4 rings (SSSR count). The standard InChI is InChI=1S/C24H25N3O2/c1-18(24-25-17-23(28-24)20-12-7-4-8-13-20)27(2)15-9-14-21-16-22(26-29-21)19-10-5-3-6-11-19/h3-8,10-13,16-18H,9,14-15H2,1-2H3. The SMILES string of the molecule is CC(c1ncc(-c2ccccc2)o1)N(C)CCCc1cc(-c2ccccc2)no1. The van der Waals surface area contributed by atoms with E-state index in [4.69, 9.17) is 8.94 Å². The zero-order valence-electron chi connectivity index (χ0n) is 16.8. The quantitative estimate of drug-likeness (QED) is 0.393. The van der Waals surface area contributed by atoms with Gasteiger partial charge in [0.2, 0.25) is 5.89 Å². The highest BCUT2D eigenvalue weighted by molar-refractivity contribution is 5.58. The molecule has 0 bridgehead atoms. The molecule has 2 aromatic carbocycles. The highest BCUT2D eigenvalue weighted by Crippen LogP contribution is 2.25. The van der Waals surface area contributed by atoms with Crippen molar-refractivity contribution in [1.29, 1.82) is 0 Å². The molecule has 2 heterocycles. The van der Waals surface area contributed by atoms with Crippen LogP contribution in [0.1, 0.15) is 31.0 Å². The molecule has 0 aliphatic carbocycles. The van der Waals surface area contributed by atoms with Gasteiger partial charge in [-0.25, -0.2) is 4.98 Å². The third-order valence-corrected chi connectivity index (χ3v) is 5.16. The van der Waals surface area contributed by atoms with Crippen LogP contribution >= 0.6 is 0 Å². The molecule has 0 N–H and O–H groups in total. The second kappa shape index (κ2) is 8.88. The Labute approximate surface area is 171 Å². The largest absolute Gasteiger partial charge is 0.439 e. The molecule has 0 spiro atoms. The summed E-state index contributed by atoms with van der Waals surface area (Å²) >= 11 is 0. The number of nitrogens with zero attached hydrogens (tertiary/aromatic N) is 3. The van der Waals surface area contributed by atoms with Crippen LogP contribution < -0.4 is 0 Å². The molecule has 29 heavy (non-hydrogen) atoms. The first-order valence-electron chi connectivity index (χ1n) is 9.93. The van der Waals surface area contributed by atoms with Gasteiger partial charge in [0.15, 0.2) is 5.76 Å². The summed E-state index contributed by atoms with van der Waals surface area (Å²) in [4.78, 5) is 6.72. The van der Waals surface area contributed by atoms with Crippen LogP contribution in [0.4, 0.5) is 0 Å². The fourth-order valence-corrected chi connectivity index (χ4v) is 3.28. The molecule has 0 radical (unpaired) electrons. The molecular weight excluding hydrogens is 362 g/mol. The van der Waals surface area contributed by atoms with Gasteiger partial charge in [0, 0.05) is 23.6 Å². The molecule has 0 saturated heterocycles. The van der Waals surface area contributed by atoms with E-state index in [0.717, 1.165) is 53.6 Å². The molecule has 0 aliphatic rings. The van der Waals surface area contributed by atoms with Gasteiger partial charge < -0.3 is 8.94 Å². The number of hydrogen-bond donors (Lipinski definition) is 0. The Morgan fingerprint density at radius 1 is 0.966 bits per heavy atom. The number of hydrogen-bond acceptors (Lipinski definition) is 5. The summed E-state index contributed by atoms with van der Waals surface area (Å²) in [6.07, 6.45) is 3.61. The maximum Gasteiger partial charge on any atom is 0.211 e. The topological polar surface area (TPSA) is 55.3 Å². The molecule has 0 amide bonds. The predicted octanol–water partition coefficient (Wildman–Crippen LogP) is 5.62. The monoisotopic (exact) mass is 387 g/mol. The Hall–Kier alpha value is -3.18. The van der Waals surface area contributed by atoms with Crippen LogP contribution in [0, 0.1) is 0 Å². The third-order valence-electron chi connectivity index (χ3n) is 5.16. The lowest BCUT2D eigenvalue weighted by Crippen LogP contribution is -2.24. The molecule has 0 saturated carbocycles. The highest BCUT2D eigenvalue weighted by Gasteiger charge is 2.18. The van der Waals surface area contributed by atoms with Crippen LogP contribution in [-0.2, 0) is 6.42 Å². The molecule has 1 unspecified atom stereocenters. The van der Waals surface area contributed by atoms with Crippen molar-refractivity contribution in [2.45, 2.75) is 25.8 Å². The van der Waals surface area contributed by atoms with Crippen molar-refractivity contribution in [3.05, 3.63) is 84.6 Å². The van der Waals surface area contributed by atoms with Crippen molar-refractivity contribution in [2.24, 2.45) is 0 Å². The molecule has 5 heteroatoms. The van der Waals surface area contributed by atoms with Crippen molar-refractivity contribution < 1.29 is 8.94 Å². The van der Waals surface area contributed by atoms with E-state index in [-0.39, 0.29) is 6.04 Å². The lowest BCUT2D eigenvalue weighted by atomic mass is 10.1. The molecule has 4 aromatic rings. The van der Waals surface area contributed by atoms with E-state index < -0.39 is 0 Å². The molecule has 0 aliphatic heterocycles. The molecule has 1 atom stereocenters. The second-order valence-electron chi connectivity index (χ2n) is 7.23. The Balaban J connectivity index is 1.30. The summed E-state index contributed by atoms with van der Waals surface area (Å²) in [5, 5.41) is 4.18. The van der Waals surface area contributed by atoms with Crippen LogP contribution in [0.2, 0.25) is 0 Å². The van der Waals surface area contributed by atoms with Crippen LogP contribution in [0.15, 0.2) is 81.9 Å².